The molecule has 0 radical (unpaired) electrons. The Hall–Kier alpha value is -2.26. The fourth-order valence-electron chi connectivity index (χ4n) is 3.13. The topological polar surface area (TPSA) is 63.3 Å². The molecule has 31 heavy (non-hydrogen) atoms. The van der Waals surface area contributed by atoms with Gasteiger partial charge in [-0.3, -0.25) is 4.79 Å². The SMILES string of the molecule is CCc1oc(-c2ccc(C(F)(F)F)cc2)cc1CCCSc1nc(C)c(CC(=O)O)s1. The number of rotatable bonds is 9. The molecule has 0 bridgehead atoms. The van der Waals surface area contributed by atoms with E-state index in [1.54, 1.807) is 11.8 Å². The van der Waals surface area contributed by atoms with Crippen LogP contribution in [0.2, 0.25) is 0 Å². The van der Waals surface area contributed by atoms with Crippen molar-refractivity contribution in [2.24, 2.45) is 0 Å². The van der Waals surface area contributed by atoms with Crippen LogP contribution < -0.4 is 0 Å². The molecule has 2 heterocycles. The predicted molar refractivity (Wildman–Crippen MR) is 116 cm³/mol. The third-order valence-corrected chi connectivity index (χ3v) is 7.10. The van der Waals surface area contributed by atoms with Gasteiger partial charge in [0, 0.05) is 22.6 Å². The lowest BCUT2D eigenvalue weighted by atomic mass is 10.1. The van der Waals surface area contributed by atoms with Crippen LogP contribution in [-0.2, 0) is 30.2 Å². The number of nitrogens with zero attached hydrogens (tertiary/aromatic N) is 1. The van der Waals surface area contributed by atoms with E-state index in [0.717, 1.165) is 57.0 Å². The summed E-state index contributed by atoms with van der Waals surface area (Å²) in [5, 5.41) is 8.94. The number of thiazole rings is 1. The highest BCUT2D eigenvalue weighted by molar-refractivity contribution is 8.01. The lowest BCUT2D eigenvalue weighted by Crippen LogP contribution is -2.03. The van der Waals surface area contributed by atoms with Crippen LogP contribution in [0.4, 0.5) is 13.2 Å². The van der Waals surface area contributed by atoms with Gasteiger partial charge in [0.05, 0.1) is 17.7 Å². The Bertz CT molecular complexity index is 1040. The lowest BCUT2D eigenvalue weighted by Gasteiger charge is -2.06. The molecular weight excluding hydrogens is 447 g/mol. The smallest absolute Gasteiger partial charge is 0.416 e. The van der Waals surface area contributed by atoms with Crippen molar-refractivity contribution in [1.29, 1.82) is 0 Å². The summed E-state index contributed by atoms with van der Waals surface area (Å²) in [6.45, 7) is 3.80. The average molecular weight is 470 g/mol. The molecule has 0 unspecified atom stereocenters. The first-order valence-electron chi connectivity index (χ1n) is 9.77. The van der Waals surface area contributed by atoms with Crippen molar-refractivity contribution in [2.75, 3.05) is 5.75 Å². The molecule has 0 aliphatic heterocycles. The van der Waals surface area contributed by atoms with Gasteiger partial charge in [-0.2, -0.15) is 13.2 Å². The van der Waals surface area contributed by atoms with E-state index in [1.165, 1.54) is 23.5 Å². The van der Waals surface area contributed by atoms with Crippen molar-refractivity contribution in [3.05, 3.63) is 57.8 Å². The molecule has 0 saturated carbocycles. The second-order valence-electron chi connectivity index (χ2n) is 7.00. The highest BCUT2D eigenvalue weighted by Crippen LogP contribution is 2.33. The van der Waals surface area contributed by atoms with Gasteiger partial charge in [-0.1, -0.05) is 30.8 Å². The van der Waals surface area contributed by atoms with E-state index < -0.39 is 17.7 Å². The first kappa shape index (κ1) is 23.4. The number of hydrogen-bond donors (Lipinski definition) is 1. The molecule has 0 fully saturated rings. The number of carbonyl (C=O) groups is 1. The molecule has 1 aromatic carbocycles. The van der Waals surface area contributed by atoms with Crippen LogP contribution in [0.15, 0.2) is 39.1 Å². The van der Waals surface area contributed by atoms with E-state index in [1.807, 2.05) is 19.9 Å². The Morgan fingerprint density at radius 1 is 1.26 bits per heavy atom. The van der Waals surface area contributed by atoms with E-state index in [4.69, 9.17) is 9.52 Å². The molecular formula is C22H22F3NO3S2. The number of aromatic nitrogens is 1. The van der Waals surface area contributed by atoms with E-state index in [-0.39, 0.29) is 6.42 Å². The monoisotopic (exact) mass is 469 g/mol. The zero-order chi connectivity index (χ0) is 22.6. The number of carboxylic acids is 1. The number of aryl methyl sites for hydroxylation is 3. The minimum absolute atomic E-state index is 0.00827. The number of aliphatic carboxylic acids is 1. The van der Waals surface area contributed by atoms with Crippen LogP contribution in [0.25, 0.3) is 11.3 Å². The molecule has 1 N–H and O–H groups in total. The van der Waals surface area contributed by atoms with Crippen LogP contribution >= 0.6 is 23.1 Å². The maximum absolute atomic E-state index is 12.8. The van der Waals surface area contributed by atoms with Crippen molar-refractivity contribution < 1.29 is 27.5 Å². The summed E-state index contributed by atoms with van der Waals surface area (Å²) in [4.78, 5) is 16.1. The van der Waals surface area contributed by atoms with Crippen LogP contribution in [0.3, 0.4) is 0 Å². The third kappa shape index (κ3) is 6.13. The maximum atomic E-state index is 12.8. The molecule has 166 valence electrons. The van der Waals surface area contributed by atoms with Gasteiger partial charge in [-0.25, -0.2) is 4.98 Å². The van der Waals surface area contributed by atoms with E-state index in [2.05, 4.69) is 4.98 Å². The van der Waals surface area contributed by atoms with Crippen molar-refractivity contribution in [1.82, 2.24) is 4.98 Å². The summed E-state index contributed by atoms with van der Waals surface area (Å²) in [5.41, 5.74) is 1.76. The third-order valence-electron chi connectivity index (χ3n) is 4.72. The van der Waals surface area contributed by atoms with Gasteiger partial charge in [-0.05, 0) is 43.5 Å². The van der Waals surface area contributed by atoms with Gasteiger partial charge >= 0.3 is 12.1 Å². The predicted octanol–water partition coefficient (Wildman–Crippen LogP) is 6.64. The Morgan fingerprint density at radius 2 is 1.97 bits per heavy atom. The van der Waals surface area contributed by atoms with Crippen molar-refractivity contribution in [3.63, 3.8) is 0 Å². The molecule has 0 saturated heterocycles. The molecule has 0 atom stereocenters. The number of thioether (sulfide) groups is 1. The van der Waals surface area contributed by atoms with Crippen molar-refractivity contribution >= 4 is 29.1 Å². The molecule has 3 rings (SSSR count). The summed E-state index contributed by atoms with van der Waals surface area (Å²) in [7, 11) is 0. The summed E-state index contributed by atoms with van der Waals surface area (Å²) in [6.07, 6.45) is -2.01. The van der Waals surface area contributed by atoms with Gasteiger partial charge in [-0.15, -0.1) is 11.3 Å². The van der Waals surface area contributed by atoms with Crippen LogP contribution in [0.5, 0.6) is 0 Å². The molecule has 3 aromatic rings. The Morgan fingerprint density at radius 3 is 2.58 bits per heavy atom. The van der Waals surface area contributed by atoms with Gasteiger partial charge in [0.15, 0.2) is 0 Å². The molecule has 0 amide bonds. The molecule has 0 aliphatic carbocycles. The normalized spacial score (nSPS) is 11.8. The lowest BCUT2D eigenvalue weighted by molar-refractivity contribution is -0.138. The highest BCUT2D eigenvalue weighted by atomic mass is 32.2. The number of carboxylic acid groups (broad SMARTS) is 1. The van der Waals surface area contributed by atoms with E-state index in [9.17, 15) is 18.0 Å². The number of hydrogen-bond acceptors (Lipinski definition) is 5. The van der Waals surface area contributed by atoms with E-state index in [0.29, 0.717) is 17.7 Å². The number of furan rings is 1. The quantitative estimate of drug-likeness (QED) is 0.281. The Kier molecular flexibility index (Phi) is 7.48. The number of alkyl halides is 3. The largest absolute Gasteiger partial charge is 0.481 e. The fourth-order valence-corrected chi connectivity index (χ4v) is 5.36. The summed E-state index contributed by atoms with van der Waals surface area (Å²) in [5.74, 6) is 1.37. The molecule has 0 aliphatic rings. The summed E-state index contributed by atoms with van der Waals surface area (Å²) in [6, 6.07) is 6.90. The zero-order valence-electron chi connectivity index (χ0n) is 17.1. The molecule has 9 heteroatoms. The van der Waals surface area contributed by atoms with Gasteiger partial charge < -0.3 is 9.52 Å². The van der Waals surface area contributed by atoms with Gasteiger partial charge in [0.1, 0.15) is 15.9 Å². The maximum Gasteiger partial charge on any atom is 0.416 e. The fraction of sp³-hybridized carbons (Fsp3) is 0.364. The Balaban J connectivity index is 1.60. The van der Waals surface area contributed by atoms with Crippen LogP contribution in [0, 0.1) is 6.92 Å². The summed E-state index contributed by atoms with van der Waals surface area (Å²) >= 11 is 3.02. The first-order valence-corrected chi connectivity index (χ1v) is 11.6. The minimum Gasteiger partial charge on any atom is -0.481 e. The second kappa shape index (κ2) is 9.91. The number of benzene rings is 1. The summed E-state index contributed by atoms with van der Waals surface area (Å²) < 4.78 is 45.0. The van der Waals surface area contributed by atoms with Crippen LogP contribution in [0.1, 0.15) is 40.8 Å². The van der Waals surface area contributed by atoms with E-state index >= 15 is 0 Å². The molecule has 2 aromatic heterocycles. The van der Waals surface area contributed by atoms with Gasteiger partial charge in [0.2, 0.25) is 0 Å². The molecule has 4 nitrogen and oxygen atoms in total. The number of halogens is 3. The van der Waals surface area contributed by atoms with Crippen LogP contribution in [-0.4, -0.2) is 21.8 Å². The zero-order valence-corrected chi connectivity index (χ0v) is 18.7. The highest BCUT2D eigenvalue weighted by Gasteiger charge is 2.30. The standard InChI is InChI=1S/C22H22F3NO3S2/c1-3-17-15(5-4-10-30-21-26-13(2)19(31-21)12-20(27)28)11-18(29-17)14-6-8-16(9-7-14)22(23,24)25/h6-9,11H,3-5,10,12H2,1-2H3,(H,27,28). The average Bonchev–Trinajstić information content (AvgIpc) is 3.27. The van der Waals surface area contributed by atoms with Gasteiger partial charge in [0.25, 0.3) is 0 Å². The first-order chi connectivity index (χ1) is 14.7. The molecule has 0 spiro atoms. The second-order valence-corrected chi connectivity index (χ2v) is 9.42. The van der Waals surface area contributed by atoms with Crippen molar-refractivity contribution in [3.8, 4) is 11.3 Å². The Labute approximate surface area is 186 Å². The van der Waals surface area contributed by atoms with Crippen molar-refractivity contribution in [2.45, 2.75) is 50.0 Å². The minimum atomic E-state index is -4.36.